The largest absolute Gasteiger partial charge is 0.207 e. The summed E-state index contributed by atoms with van der Waals surface area (Å²) >= 11 is 0. The highest BCUT2D eigenvalue weighted by Crippen LogP contribution is 2.08. The predicted molar refractivity (Wildman–Crippen MR) is 61.0 cm³/mol. The van der Waals surface area contributed by atoms with Gasteiger partial charge >= 0.3 is 0 Å². The Bertz CT molecular complexity index is 230. The summed E-state index contributed by atoms with van der Waals surface area (Å²) in [6.45, 7) is 6.17. The third kappa shape index (κ3) is 5.74. The third-order valence-electron chi connectivity index (χ3n) is 1.96. The maximum absolute atomic E-state index is 12.7. The van der Waals surface area contributed by atoms with Gasteiger partial charge in [0, 0.05) is 0 Å². The molecule has 14 heavy (non-hydrogen) atoms. The van der Waals surface area contributed by atoms with Crippen LogP contribution in [0.1, 0.15) is 45.6 Å². The summed E-state index contributed by atoms with van der Waals surface area (Å²) in [6.07, 6.45) is 4.62. The van der Waals surface area contributed by atoms with Crippen molar-refractivity contribution in [3.63, 3.8) is 0 Å². The Morgan fingerprint density at radius 3 is 2.43 bits per heavy atom. The summed E-state index contributed by atoms with van der Waals surface area (Å²) in [5.41, 5.74) is 1.11. The molecule has 1 heteroatoms. The first-order valence-corrected chi connectivity index (χ1v) is 5.57. The molecule has 0 aliphatic carbocycles. The molecule has 0 aliphatic heterocycles. The molecule has 0 N–H and O–H groups in total. The Morgan fingerprint density at radius 1 is 1.14 bits per heavy atom. The molecule has 80 valence electrons. The smallest absolute Gasteiger partial charge is 0.123 e. The average molecular weight is 196 g/mol. The van der Waals surface area contributed by atoms with Crippen molar-refractivity contribution >= 4 is 0 Å². The monoisotopic (exact) mass is 196 g/mol. The van der Waals surface area contributed by atoms with Gasteiger partial charge in [0.15, 0.2) is 0 Å². The number of hydrogen-bond donors (Lipinski definition) is 0. The minimum atomic E-state index is -0.121. The van der Waals surface area contributed by atoms with E-state index in [0.29, 0.717) is 0 Å². The predicted octanol–water partition coefficient (Wildman–Crippen LogP) is 4.58. The molecule has 0 saturated heterocycles. The van der Waals surface area contributed by atoms with E-state index < -0.39 is 0 Å². The summed E-state index contributed by atoms with van der Waals surface area (Å²) < 4.78 is 12.7. The van der Waals surface area contributed by atoms with Crippen LogP contribution < -0.4 is 0 Å². The van der Waals surface area contributed by atoms with Crippen molar-refractivity contribution in [1.29, 1.82) is 0 Å². The van der Waals surface area contributed by atoms with Gasteiger partial charge in [-0.2, -0.15) is 0 Å². The number of aryl methyl sites for hydroxylation is 1. The molecule has 0 bridgehead atoms. The molecule has 0 spiro atoms. The van der Waals surface area contributed by atoms with Crippen molar-refractivity contribution in [2.45, 2.75) is 46.5 Å². The van der Waals surface area contributed by atoms with E-state index in [4.69, 9.17) is 0 Å². The first-order chi connectivity index (χ1) is 6.83. The van der Waals surface area contributed by atoms with Crippen LogP contribution in [0.2, 0.25) is 0 Å². The molecule has 0 unspecified atom stereocenters. The van der Waals surface area contributed by atoms with E-state index in [2.05, 4.69) is 6.92 Å². The zero-order chi connectivity index (χ0) is 10.8. The minimum Gasteiger partial charge on any atom is -0.207 e. The van der Waals surface area contributed by atoms with Crippen LogP contribution >= 0.6 is 0 Å². The lowest BCUT2D eigenvalue weighted by atomic mass is 10.1. The van der Waals surface area contributed by atoms with E-state index in [1.54, 1.807) is 12.1 Å². The molecule has 0 amide bonds. The van der Waals surface area contributed by atoms with Crippen LogP contribution in [0.3, 0.4) is 0 Å². The first kappa shape index (κ1) is 13.2. The molecule has 0 saturated carbocycles. The van der Waals surface area contributed by atoms with Gasteiger partial charge in [0.05, 0.1) is 0 Å². The van der Waals surface area contributed by atoms with Crippen LogP contribution in [0.25, 0.3) is 0 Å². The maximum atomic E-state index is 12.7. The van der Waals surface area contributed by atoms with Gasteiger partial charge in [-0.05, 0) is 30.5 Å². The van der Waals surface area contributed by atoms with E-state index in [1.165, 1.54) is 25.3 Å². The summed E-state index contributed by atoms with van der Waals surface area (Å²) in [7, 11) is 0. The molecule has 0 aliphatic rings. The lowest BCUT2D eigenvalue weighted by molar-refractivity contribution is 0.623. The van der Waals surface area contributed by atoms with Gasteiger partial charge in [0.25, 0.3) is 0 Å². The molecule has 0 atom stereocenters. The molecule has 0 nitrogen and oxygen atoms in total. The average Bonchev–Trinajstić information content (AvgIpc) is 2.21. The SMILES string of the molecule is CC.CCCCCc1cccc(F)c1. The minimum absolute atomic E-state index is 0.121. The maximum Gasteiger partial charge on any atom is 0.123 e. The van der Waals surface area contributed by atoms with E-state index >= 15 is 0 Å². The van der Waals surface area contributed by atoms with Gasteiger partial charge in [-0.15, -0.1) is 0 Å². The zero-order valence-electron chi connectivity index (χ0n) is 9.52. The van der Waals surface area contributed by atoms with Crippen molar-refractivity contribution in [3.05, 3.63) is 35.6 Å². The Labute approximate surface area is 87.2 Å². The first-order valence-electron chi connectivity index (χ1n) is 5.57. The Balaban J connectivity index is 0.000000791. The Kier molecular flexibility index (Phi) is 8.20. The lowest BCUT2D eigenvalue weighted by Gasteiger charge is -1.99. The van der Waals surface area contributed by atoms with Crippen LogP contribution in [0, 0.1) is 5.82 Å². The molecular formula is C13H21F. The highest BCUT2D eigenvalue weighted by Gasteiger charge is 1.94. The normalized spacial score (nSPS) is 9.14. The number of rotatable bonds is 4. The van der Waals surface area contributed by atoms with Crippen molar-refractivity contribution in [3.8, 4) is 0 Å². The van der Waals surface area contributed by atoms with E-state index in [1.807, 2.05) is 19.9 Å². The number of benzene rings is 1. The molecule has 0 heterocycles. The fourth-order valence-electron chi connectivity index (χ4n) is 1.27. The van der Waals surface area contributed by atoms with E-state index in [-0.39, 0.29) is 5.82 Å². The van der Waals surface area contributed by atoms with Crippen LogP contribution in [0.5, 0.6) is 0 Å². The van der Waals surface area contributed by atoms with Crippen LogP contribution in [0.4, 0.5) is 4.39 Å². The second-order valence-corrected chi connectivity index (χ2v) is 3.09. The summed E-state index contributed by atoms with van der Waals surface area (Å²) in [6, 6.07) is 6.87. The fourth-order valence-corrected chi connectivity index (χ4v) is 1.27. The van der Waals surface area contributed by atoms with Crippen molar-refractivity contribution < 1.29 is 4.39 Å². The summed E-state index contributed by atoms with van der Waals surface area (Å²) in [4.78, 5) is 0. The molecule has 0 radical (unpaired) electrons. The summed E-state index contributed by atoms with van der Waals surface area (Å²) in [5, 5.41) is 0. The Morgan fingerprint density at radius 2 is 1.86 bits per heavy atom. The molecular weight excluding hydrogens is 175 g/mol. The quantitative estimate of drug-likeness (QED) is 0.618. The zero-order valence-corrected chi connectivity index (χ0v) is 9.52. The van der Waals surface area contributed by atoms with Crippen LogP contribution in [0.15, 0.2) is 24.3 Å². The third-order valence-corrected chi connectivity index (χ3v) is 1.96. The topological polar surface area (TPSA) is 0 Å². The molecule has 0 aromatic heterocycles. The summed E-state index contributed by atoms with van der Waals surface area (Å²) in [5.74, 6) is -0.121. The van der Waals surface area contributed by atoms with Crippen molar-refractivity contribution in [1.82, 2.24) is 0 Å². The van der Waals surface area contributed by atoms with Crippen LogP contribution in [-0.4, -0.2) is 0 Å². The fraction of sp³-hybridized carbons (Fsp3) is 0.538. The lowest BCUT2D eigenvalue weighted by Crippen LogP contribution is -1.85. The number of hydrogen-bond acceptors (Lipinski definition) is 0. The highest BCUT2D eigenvalue weighted by atomic mass is 19.1. The van der Waals surface area contributed by atoms with E-state index in [9.17, 15) is 4.39 Å². The highest BCUT2D eigenvalue weighted by molar-refractivity contribution is 5.16. The van der Waals surface area contributed by atoms with Crippen molar-refractivity contribution in [2.75, 3.05) is 0 Å². The van der Waals surface area contributed by atoms with Gasteiger partial charge in [-0.1, -0.05) is 45.7 Å². The van der Waals surface area contributed by atoms with Gasteiger partial charge in [0.2, 0.25) is 0 Å². The van der Waals surface area contributed by atoms with Gasteiger partial charge < -0.3 is 0 Å². The van der Waals surface area contributed by atoms with Crippen LogP contribution in [-0.2, 0) is 6.42 Å². The van der Waals surface area contributed by atoms with Gasteiger partial charge in [0.1, 0.15) is 5.82 Å². The molecule has 1 rings (SSSR count). The number of unbranched alkanes of at least 4 members (excludes halogenated alkanes) is 2. The van der Waals surface area contributed by atoms with Gasteiger partial charge in [-0.3, -0.25) is 0 Å². The van der Waals surface area contributed by atoms with Gasteiger partial charge in [-0.25, -0.2) is 4.39 Å². The molecule has 1 aromatic carbocycles. The number of halogens is 1. The standard InChI is InChI=1S/C11H15F.C2H6/c1-2-3-4-6-10-7-5-8-11(12)9-10;1-2/h5,7-9H,2-4,6H2,1H3;1-2H3. The second kappa shape index (κ2) is 8.74. The van der Waals surface area contributed by atoms with Crippen molar-refractivity contribution in [2.24, 2.45) is 0 Å². The second-order valence-electron chi connectivity index (χ2n) is 3.09. The molecule has 0 fully saturated rings. The molecule has 1 aromatic rings. The Hall–Kier alpha value is -0.850. The van der Waals surface area contributed by atoms with E-state index in [0.717, 1.165) is 12.0 Å².